The molecule has 0 saturated heterocycles. The van der Waals surface area contributed by atoms with Gasteiger partial charge in [-0.2, -0.15) is 0 Å². The fraction of sp³-hybridized carbons (Fsp3) is 0.143. The highest BCUT2D eigenvalue weighted by Crippen LogP contribution is 2.16. The summed E-state index contributed by atoms with van der Waals surface area (Å²) in [5.74, 6) is 5.05. The van der Waals surface area contributed by atoms with Crippen LogP contribution in [0, 0.1) is 18.8 Å². The zero-order chi connectivity index (χ0) is 15.3. The smallest absolute Gasteiger partial charge is 0.263 e. The summed E-state index contributed by atoms with van der Waals surface area (Å²) < 4.78 is 27.0. The fourth-order valence-electron chi connectivity index (χ4n) is 1.60. The molecule has 2 aromatic rings. The van der Waals surface area contributed by atoms with Gasteiger partial charge in [-0.25, -0.2) is 8.42 Å². The Kier molecular flexibility index (Phi) is 4.52. The van der Waals surface area contributed by atoms with Crippen LogP contribution in [0.15, 0.2) is 41.8 Å². The summed E-state index contributed by atoms with van der Waals surface area (Å²) in [6.07, 6.45) is 5.71. The molecule has 0 amide bonds. The number of rotatable bonds is 3. The van der Waals surface area contributed by atoms with Crippen molar-refractivity contribution >= 4 is 15.7 Å². The Bertz CT molecular complexity index is 807. The highest BCUT2D eigenvalue weighted by molar-refractivity contribution is 7.92. The van der Waals surface area contributed by atoms with Gasteiger partial charge < -0.3 is 5.11 Å². The first kappa shape index (κ1) is 15.0. The van der Waals surface area contributed by atoms with Crippen molar-refractivity contribution in [3.8, 4) is 11.8 Å². The second kappa shape index (κ2) is 6.35. The molecule has 2 aromatic heterocycles. The summed E-state index contributed by atoms with van der Waals surface area (Å²) in [6.45, 7) is 1.52. The van der Waals surface area contributed by atoms with Crippen molar-refractivity contribution in [2.45, 2.75) is 11.8 Å². The minimum atomic E-state index is -3.76. The highest BCUT2D eigenvalue weighted by Gasteiger charge is 2.15. The largest absolute Gasteiger partial charge is 0.384 e. The summed E-state index contributed by atoms with van der Waals surface area (Å²) in [6, 6.07) is 3.06. The van der Waals surface area contributed by atoms with Gasteiger partial charge >= 0.3 is 0 Å². The predicted octanol–water partition coefficient (Wildman–Crippen LogP) is 0.930. The Balaban J connectivity index is 2.31. The van der Waals surface area contributed by atoms with Gasteiger partial charge in [0.1, 0.15) is 11.5 Å². The van der Waals surface area contributed by atoms with E-state index in [-0.39, 0.29) is 11.5 Å². The van der Waals surface area contributed by atoms with Crippen LogP contribution in [0.5, 0.6) is 0 Å². The molecule has 0 saturated carbocycles. The molecular formula is C14H13N3O3S. The van der Waals surface area contributed by atoms with Crippen LogP contribution < -0.4 is 4.72 Å². The lowest BCUT2D eigenvalue weighted by atomic mass is 10.3. The molecule has 7 heteroatoms. The lowest BCUT2D eigenvalue weighted by Crippen LogP contribution is -2.13. The number of aliphatic hydroxyl groups is 1. The van der Waals surface area contributed by atoms with Gasteiger partial charge in [0.15, 0.2) is 0 Å². The molecule has 0 aromatic carbocycles. The Morgan fingerprint density at radius 2 is 1.95 bits per heavy atom. The van der Waals surface area contributed by atoms with Crippen LogP contribution in [-0.2, 0) is 10.0 Å². The standard InChI is InChI=1S/C14H13N3O3S/c1-11-5-13(9-15-7-11)17-21(19,20)14-6-12(3-2-4-18)8-16-10-14/h5-10,17-18H,4H2,1H3. The van der Waals surface area contributed by atoms with Crippen LogP contribution in [0.1, 0.15) is 11.1 Å². The molecule has 2 heterocycles. The van der Waals surface area contributed by atoms with Crippen LogP contribution in [-0.4, -0.2) is 30.1 Å². The SMILES string of the molecule is Cc1cncc(NS(=O)(=O)c2cncc(C#CCO)c2)c1. The molecule has 0 atom stereocenters. The Morgan fingerprint density at radius 1 is 1.19 bits per heavy atom. The molecule has 0 radical (unpaired) electrons. The molecule has 0 unspecified atom stereocenters. The van der Waals surface area contributed by atoms with E-state index in [4.69, 9.17) is 5.11 Å². The Labute approximate surface area is 122 Å². The molecule has 0 aliphatic rings. The summed E-state index contributed by atoms with van der Waals surface area (Å²) >= 11 is 0. The van der Waals surface area contributed by atoms with E-state index < -0.39 is 10.0 Å². The average molecular weight is 303 g/mol. The molecule has 21 heavy (non-hydrogen) atoms. The van der Waals surface area contributed by atoms with Crippen molar-refractivity contribution in [1.29, 1.82) is 0 Å². The zero-order valence-electron chi connectivity index (χ0n) is 11.2. The second-order valence-electron chi connectivity index (χ2n) is 4.23. The highest BCUT2D eigenvalue weighted by atomic mass is 32.2. The number of sulfonamides is 1. The number of anilines is 1. The number of aryl methyl sites for hydroxylation is 1. The quantitative estimate of drug-likeness (QED) is 0.823. The maximum atomic E-state index is 12.3. The van der Waals surface area contributed by atoms with Crippen molar-refractivity contribution < 1.29 is 13.5 Å². The maximum absolute atomic E-state index is 12.3. The zero-order valence-corrected chi connectivity index (χ0v) is 12.1. The summed E-state index contributed by atoms with van der Waals surface area (Å²) in [4.78, 5) is 7.77. The first-order valence-electron chi connectivity index (χ1n) is 6.00. The number of nitrogens with one attached hydrogen (secondary N) is 1. The first-order valence-corrected chi connectivity index (χ1v) is 7.49. The van der Waals surface area contributed by atoms with Gasteiger partial charge in [0.25, 0.3) is 10.0 Å². The van der Waals surface area contributed by atoms with Gasteiger partial charge in [-0.05, 0) is 24.6 Å². The number of aromatic nitrogens is 2. The number of pyridine rings is 2. The molecule has 0 spiro atoms. The monoisotopic (exact) mass is 303 g/mol. The third-order valence-electron chi connectivity index (χ3n) is 2.46. The molecule has 2 N–H and O–H groups in total. The van der Waals surface area contributed by atoms with Crippen molar-refractivity contribution in [3.63, 3.8) is 0 Å². The van der Waals surface area contributed by atoms with Crippen molar-refractivity contribution in [2.24, 2.45) is 0 Å². The predicted molar refractivity (Wildman–Crippen MR) is 78.0 cm³/mol. The number of hydrogen-bond donors (Lipinski definition) is 2. The van der Waals surface area contributed by atoms with E-state index in [0.29, 0.717) is 11.3 Å². The number of hydrogen-bond acceptors (Lipinski definition) is 5. The molecule has 0 fully saturated rings. The van der Waals surface area contributed by atoms with Gasteiger partial charge in [0, 0.05) is 24.2 Å². The van der Waals surface area contributed by atoms with Gasteiger partial charge in [-0.3, -0.25) is 14.7 Å². The summed E-state index contributed by atoms with van der Waals surface area (Å²) in [5, 5.41) is 8.65. The van der Waals surface area contributed by atoms with E-state index in [1.165, 1.54) is 24.7 Å². The summed E-state index contributed by atoms with van der Waals surface area (Å²) in [5.41, 5.74) is 1.63. The van der Waals surface area contributed by atoms with Crippen molar-refractivity contribution in [1.82, 2.24) is 9.97 Å². The van der Waals surface area contributed by atoms with E-state index >= 15 is 0 Å². The topological polar surface area (TPSA) is 92.2 Å². The van der Waals surface area contributed by atoms with Crippen LogP contribution in [0.25, 0.3) is 0 Å². The second-order valence-corrected chi connectivity index (χ2v) is 5.91. The number of nitrogens with zero attached hydrogens (tertiary/aromatic N) is 2. The van der Waals surface area contributed by atoms with Gasteiger partial charge in [0.05, 0.1) is 11.9 Å². The van der Waals surface area contributed by atoms with Gasteiger partial charge in [-0.15, -0.1) is 0 Å². The maximum Gasteiger partial charge on any atom is 0.263 e. The van der Waals surface area contributed by atoms with Crippen molar-refractivity contribution in [3.05, 3.63) is 48.0 Å². The molecule has 0 bridgehead atoms. The third-order valence-corrected chi connectivity index (χ3v) is 3.81. The molecular weight excluding hydrogens is 290 g/mol. The van der Waals surface area contributed by atoms with E-state index in [2.05, 4.69) is 26.5 Å². The normalized spacial score (nSPS) is 10.6. The third kappa shape index (κ3) is 4.02. The average Bonchev–Trinajstić information content (AvgIpc) is 2.45. The van der Waals surface area contributed by atoms with E-state index in [1.807, 2.05) is 6.92 Å². The van der Waals surface area contributed by atoms with Crippen LogP contribution in [0.3, 0.4) is 0 Å². The Morgan fingerprint density at radius 3 is 2.67 bits per heavy atom. The lowest BCUT2D eigenvalue weighted by Gasteiger charge is -2.08. The van der Waals surface area contributed by atoms with Crippen molar-refractivity contribution in [2.75, 3.05) is 11.3 Å². The fourth-order valence-corrected chi connectivity index (χ4v) is 2.62. The molecule has 108 valence electrons. The number of aliphatic hydroxyl groups excluding tert-OH is 1. The molecule has 6 nitrogen and oxygen atoms in total. The van der Waals surface area contributed by atoms with Crippen LogP contribution in [0.2, 0.25) is 0 Å². The van der Waals surface area contributed by atoms with E-state index in [1.54, 1.807) is 12.3 Å². The Hall–Kier alpha value is -2.43. The molecule has 2 rings (SSSR count). The van der Waals surface area contributed by atoms with Gasteiger partial charge in [0.2, 0.25) is 0 Å². The van der Waals surface area contributed by atoms with Crippen LogP contribution in [0.4, 0.5) is 5.69 Å². The van der Waals surface area contributed by atoms with Crippen LogP contribution >= 0.6 is 0 Å². The van der Waals surface area contributed by atoms with E-state index in [9.17, 15) is 8.42 Å². The first-order chi connectivity index (χ1) is 10.0. The van der Waals surface area contributed by atoms with Gasteiger partial charge in [-0.1, -0.05) is 11.8 Å². The molecule has 0 aliphatic carbocycles. The van der Waals surface area contributed by atoms with E-state index in [0.717, 1.165) is 5.56 Å². The summed E-state index contributed by atoms with van der Waals surface area (Å²) in [7, 11) is -3.76. The lowest BCUT2D eigenvalue weighted by molar-refractivity contribution is 0.350. The minimum Gasteiger partial charge on any atom is -0.384 e. The molecule has 0 aliphatic heterocycles. The minimum absolute atomic E-state index is 0.00579.